The zero-order valence-corrected chi connectivity index (χ0v) is 23.3. The van der Waals surface area contributed by atoms with Gasteiger partial charge in [0.2, 0.25) is 17.7 Å². The number of methoxy groups -OCH3 is 2. The van der Waals surface area contributed by atoms with E-state index in [1.54, 1.807) is 5.38 Å². The smallest absolute Gasteiger partial charge is 0.279 e. The Morgan fingerprint density at radius 2 is 1.73 bits per heavy atom. The highest BCUT2D eigenvalue weighted by Crippen LogP contribution is 2.35. The molecule has 0 aliphatic rings. The maximum Gasteiger partial charge on any atom is 0.279 e. The van der Waals surface area contributed by atoms with E-state index in [1.165, 1.54) is 25.6 Å². The summed E-state index contributed by atoms with van der Waals surface area (Å²) in [6.07, 6.45) is 1.06. The first-order chi connectivity index (χ1) is 17.7. The number of hydrogen-bond acceptors (Lipinski definition) is 10. The monoisotopic (exact) mass is 528 g/mol. The average molecular weight is 529 g/mol. The van der Waals surface area contributed by atoms with Gasteiger partial charge in [-0.2, -0.15) is 15.0 Å². The van der Waals surface area contributed by atoms with Gasteiger partial charge in [0.15, 0.2) is 5.69 Å². The molecule has 0 saturated carbocycles. The van der Waals surface area contributed by atoms with Crippen LogP contribution in [0.25, 0.3) is 0 Å². The highest BCUT2D eigenvalue weighted by atomic mass is 32.1. The number of rotatable bonds is 12. The molecule has 1 aromatic carbocycles. The van der Waals surface area contributed by atoms with E-state index in [9.17, 15) is 4.79 Å². The molecule has 3 rings (SSSR count). The van der Waals surface area contributed by atoms with Gasteiger partial charge in [-0.3, -0.25) is 4.79 Å². The summed E-state index contributed by atoms with van der Waals surface area (Å²) < 4.78 is 16.8. The van der Waals surface area contributed by atoms with Crippen molar-refractivity contribution in [2.45, 2.75) is 46.5 Å². The molecular formula is C26H36N6O4S. The average Bonchev–Trinajstić information content (AvgIpc) is 3.33. The maximum atomic E-state index is 13.0. The first-order valence-corrected chi connectivity index (χ1v) is 13.0. The molecule has 200 valence electrons. The number of benzene rings is 1. The molecule has 3 aromatic rings. The molecule has 0 saturated heterocycles. The molecule has 0 unspecified atom stereocenters. The first kappa shape index (κ1) is 28.1. The quantitative estimate of drug-likeness (QED) is 0.279. The van der Waals surface area contributed by atoms with Crippen LogP contribution in [0.15, 0.2) is 23.6 Å². The molecule has 1 amide bonds. The Hall–Kier alpha value is -3.44. The van der Waals surface area contributed by atoms with E-state index in [-0.39, 0.29) is 28.6 Å². The number of hydrogen-bond donors (Lipinski definition) is 3. The standard InChI is InChI=1S/C26H36N6O4S/c1-8-11-27-12-13-28-24-31-22(34-6)20(23(32-24)35-7)30-21(33)18-15-37-25(29-18)36-19-14-17(26(3,4)5)10-9-16(19)2/h9-10,14-15,27H,8,11-13H2,1-7H3,(H,30,33)(H,28,31,32). The van der Waals surface area contributed by atoms with Crippen LogP contribution in [0.3, 0.4) is 0 Å². The number of ether oxygens (including phenoxy) is 3. The molecule has 0 spiro atoms. The Balaban J connectivity index is 1.73. The van der Waals surface area contributed by atoms with Crippen LogP contribution >= 0.6 is 11.3 Å². The SMILES string of the molecule is CCCNCCNc1nc(OC)c(NC(=O)c2csc(Oc3cc(C(C)(C)C)ccc3C)n2)c(OC)n1. The molecule has 2 heterocycles. The van der Waals surface area contributed by atoms with Crippen LogP contribution in [0, 0.1) is 6.92 Å². The molecule has 0 aliphatic carbocycles. The molecule has 11 heteroatoms. The molecule has 3 N–H and O–H groups in total. The third-order valence-electron chi connectivity index (χ3n) is 5.45. The Labute approximate surface area is 222 Å². The highest BCUT2D eigenvalue weighted by Gasteiger charge is 2.22. The lowest BCUT2D eigenvalue weighted by Crippen LogP contribution is -2.23. The van der Waals surface area contributed by atoms with Crippen LogP contribution in [0.1, 0.15) is 55.7 Å². The van der Waals surface area contributed by atoms with Crippen LogP contribution in [-0.2, 0) is 5.41 Å². The number of nitrogens with one attached hydrogen (secondary N) is 3. The highest BCUT2D eigenvalue weighted by molar-refractivity contribution is 7.11. The fraction of sp³-hybridized carbons (Fsp3) is 0.462. The van der Waals surface area contributed by atoms with Gasteiger partial charge in [0.05, 0.1) is 14.2 Å². The van der Waals surface area contributed by atoms with Gasteiger partial charge in [0.1, 0.15) is 11.4 Å². The maximum absolute atomic E-state index is 13.0. The summed E-state index contributed by atoms with van der Waals surface area (Å²) >= 11 is 1.24. The summed E-state index contributed by atoms with van der Waals surface area (Å²) in [5.74, 6) is 0.924. The molecule has 10 nitrogen and oxygen atoms in total. The second-order valence-electron chi connectivity index (χ2n) is 9.40. The lowest BCUT2D eigenvalue weighted by Gasteiger charge is -2.20. The second kappa shape index (κ2) is 12.7. The largest absolute Gasteiger partial charge is 0.479 e. The summed E-state index contributed by atoms with van der Waals surface area (Å²) in [7, 11) is 2.93. The van der Waals surface area contributed by atoms with Gasteiger partial charge in [-0.1, -0.05) is 51.2 Å². The number of thiazole rings is 1. The number of amides is 1. The van der Waals surface area contributed by atoms with Crippen LogP contribution in [0.2, 0.25) is 0 Å². The van der Waals surface area contributed by atoms with Crippen molar-refractivity contribution in [1.29, 1.82) is 0 Å². The summed E-state index contributed by atoms with van der Waals surface area (Å²) in [4.78, 5) is 26.1. The van der Waals surface area contributed by atoms with Gasteiger partial charge < -0.3 is 30.2 Å². The number of nitrogens with zero attached hydrogens (tertiary/aromatic N) is 3. The molecule has 0 fully saturated rings. The van der Waals surface area contributed by atoms with E-state index in [4.69, 9.17) is 14.2 Å². The van der Waals surface area contributed by atoms with Crippen LogP contribution in [0.5, 0.6) is 22.7 Å². The normalized spacial score (nSPS) is 11.2. The number of aromatic nitrogens is 3. The molecule has 37 heavy (non-hydrogen) atoms. The van der Waals surface area contributed by atoms with Crippen LogP contribution in [-0.4, -0.2) is 54.7 Å². The number of carbonyl (C=O) groups is 1. The van der Waals surface area contributed by atoms with Gasteiger partial charge in [0.25, 0.3) is 11.1 Å². The van der Waals surface area contributed by atoms with E-state index in [0.29, 0.717) is 23.4 Å². The van der Waals surface area contributed by atoms with Gasteiger partial charge in [-0.25, -0.2) is 0 Å². The Morgan fingerprint density at radius 1 is 1.03 bits per heavy atom. The van der Waals surface area contributed by atoms with E-state index < -0.39 is 5.91 Å². The van der Waals surface area contributed by atoms with Crippen molar-refractivity contribution in [2.75, 3.05) is 44.5 Å². The molecular weight excluding hydrogens is 492 g/mol. The van der Waals surface area contributed by atoms with Crippen molar-refractivity contribution in [1.82, 2.24) is 20.3 Å². The number of carbonyl (C=O) groups excluding carboxylic acids is 1. The third kappa shape index (κ3) is 7.53. The fourth-order valence-electron chi connectivity index (χ4n) is 3.32. The second-order valence-corrected chi connectivity index (χ2v) is 10.2. The van der Waals surface area contributed by atoms with Crippen molar-refractivity contribution >= 4 is 28.9 Å². The third-order valence-corrected chi connectivity index (χ3v) is 6.16. The summed E-state index contributed by atoms with van der Waals surface area (Å²) in [5, 5.41) is 11.2. The van der Waals surface area contributed by atoms with Gasteiger partial charge in [-0.05, 0) is 42.5 Å². The Kier molecular flexibility index (Phi) is 9.65. The number of anilines is 2. The summed E-state index contributed by atoms with van der Waals surface area (Å²) in [6.45, 7) is 12.8. The van der Waals surface area contributed by atoms with E-state index >= 15 is 0 Å². The zero-order chi connectivity index (χ0) is 27.0. The number of aryl methyl sites for hydroxylation is 1. The predicted molar refractivity (Wildman–Crippen MR) is 147 cm³/mol. The molecule has 2 aromatic heterocycles. The minimum absolute atomic E-state index is 0.0169. The van der Waals surface area contributed by atoms with Crippen molar-refractivity contribution in [2.24, 2.45) is 0 Å². The topological polar surface area (TPSA) is 120 Å². The lowest BCUT2D eigenvalue weighted by atomic mass is 9.86. The van der Waals surface area contributed by atoms with Crippen LogP contribution in [0.4, 0.5) is 11.6 Å². The molecule has 0 bridgehead atoms. The molecule has 0 aliphatic heterocycles. The first-order valence-electron chi connectivity index (χ1n) is 12.2. The summed E-state index contributed by atoms with van der Waals surface area (Å²) in [5.41, 5.74) is 2.52. The van der Waals surface area contributed by atoms with Gasteiger partial charge >= 0.3 is 0 Å². The lowest BCUT2D eigenvalue weighted by molar-refractivity contribution is 0.102. The minimum Gasteiger partial charge on any atom is -0.479 e. The van der Waals surface area contributed by atoms with Crippen molar-refractivity contribution in [3.63, 3.8) is 0 Å². The van der Waals surface area contributed by atoms with Crippen molar-refractivity contribution in [3.05, 3.63) is 40.4 Å². The summed E-state index contributed by atoms with van der Waals surface area (Å²) in [6, 6.07) is 6.13. The molecule has 0 radical (unpaired) electrons. The zero-order valence-electron chi connectivity index (χ0n) is 22.5. The predicted octanol–water partition coefficient (Wildman–Crippen LogP) is 5.01. The fourth-order valence-corrected chi connectivity index (χ4v) is 3.98. The van der Waals surface area contributed by atoms with Crippen LogP contribution < -0.4 is 30.2 Å². The van der Waals surface area contributed by atoms with Gasteiger partial charge in [-0.15, -0.1) is 0 Å². The van der Waals surface area contributed by atoms with E-state index in [2.05, 4.69) is 64.7 Å². The van der Waals surface area contributed by atoms with E-state index in [1.807, 2.05) is 19.1 Å². The van der Waals surface area contributed by atoms with Crippen molar-refractivity contribution < 1.29 is 19.0 Å². The Morgan fingerprint density at radius 3 is 2.35 bits per heavy atom. The molecule has 0 atom stereocenters. The van der Waals surface area contributed by atoms with E-state index in [0.717, 1.165) is 30.6 Å². The minimum atomic E-state index is -0.462. The van der Waals surface area contributed by atoms with Crippen molar-refractivity contribution in [3.8, 4) is 22.7 Å². The Bertz CT molecular complexity index is 1180. The van der Waals surface area contributed by atoms with Gasteiger partial charge in [0, 0.05) is 18.5 Å².